The number of carbonyl (C=O) groups is 2. The lowest BCUT2D eigenvalue weighted by Crippen LogP contribution is -2.52. The smallest absolute Gasteiger partial charge is 0.378 e. The minimum Gasteiger partial charge on any atom is -0.488 e. The summed E-state index contributed by atoms with van der Waals surface area (Å²) in [7, 11) is -4.74. The summed E-state index contributed by atoms with van der Waals surface area (Å²) in [5, 5.41) is 10.3. The average molecular weight is 797 g/mol. The summed E-state index contributed by atoms with van der Waals surface area (Å²) < 4.78 is 33.0. The van der Waals surface area contributed by atoms with E-state index < -0.39 is 46.3 Å². The monoisotopic (exact) mass is 796 g/mol. The highest BCUT2D eigenvalue weighted by Crippen LogP contribution is 2.50. The van der Waals surface area contributed by atoms with E-state index in [1.807, 2.05) is 25.1 Å². The van der Waals surface area contributed by atoms with Gasteiger partial charge in [-0.2, -0.15) is 5.26 Å². The lowest BCUT2D eigenvalue weighted by molar-refractivity contribution is -0.243. The van der Waals surface area contributed by atoms with Gasteiger partial charge in [-0.1, -0.05) is 106 Å². The van der Waals surface area contributed by atoms with Crippen LogP contribution in [0.15, 0.2) is 47.1 Å². The molecule has 0 saturated carbocycles. The van der Waals surface area contributed by atoms with Crippen LogP contribution in [0.1, 0.15) is 123 Å². The molecule has 0 spiro atoms. The molecule has 4 rings (SSSR count). The van der Waals surface area contributed by atoms with Gasteiger partial charge in [-0.3, -0.25) is 9.68 Å². The first kappa shape index (κ1) is 44.9. The van der Waals surface area contributed by atoms with Crippen LogP contribution < -0.4 is 4.74 Å². The predicted molar refractivity (Wildman–Crippen MR) is 223 cm³/mol. The zero-order valence-corrected chi connectivity index (χ0v) is 38.0. The molecule has 0 radical (unpaired) electrons. The molecule has 1 aliphatic rings. The fourth-order valence-corrected chi connectivity index (χ4v) is 9.10. The van der Waals surface area contributed by atoms with Gasteiger partial charge in [0.05, 0.1) is 24.5 Å². The lowest BCUT2D eigenvalue weighted by Gasteiger charge is -2.40. The Bertz CT molecular complexity index is 1770. The van der Waals surface area contributed by atoms with Crippen molar-refractivity contribution in [1.82, 2.24) is 0 Å². The van der Waals surface area contributed by atoms with Crippen LogP contribution in [0.4, 0.5) is 0 Å². The van der Waals surface area contributed by atoms with Gasteiger partial charge in [0, 0.05) is 23.3 Å². The predicted octanol–water partition coefficient (Wildman–Crippen LogP) is 11.5. The maximum atomic E-state index is 14.8. The van der Waals surface area contributed by atoms with E-state index in [9.17, 15) is 14.8 Å². The van der Waals surface area contributed by atoms with E-state index in [1.165, 1.54) is 0 Å². The van der Waals surface area contributed by atoms with E-state index in [-0.39, 0.29) is 22.3 Å². The first-order chi connectivity index (χ1) is 25.5. The molecule has 4 atom stereocenters. The Labute approximate surface area is 332 Å². The molecule has 306 valence electrons. The number of ketones is 1. The number of hydrogen-bond donors (Lipinski definition) is 1. The van der Waals surface area contributed by atoms with E-state index in [4.69, 9.17) is 22.7 Å². The second-order valence-corrected chi connectivity index (χ2v) is 28.5. The van der Waals surface area contributed by atoms with Crippen LogP contribution in [0.3, 0.4) is 0 Å². The largest absolute Gasteiger partial charge is 0.488 e. The number of fused-ring (bicyclic) bond motifs is 1. The molecule has 1 unspecified atom stereocenters. The standard InChI is InChI=1S/C44H68O9Si2/c1-15-20-32(36(45)25-38(53-55(13,14)43(8,9)10)44(41(46)52-47)37(16-2)51-44)34-27-49-40-33(34)24-31(23-29(3)4)39(48-26-30-21-18-17-19-22-30)35(40)28-50-54(11,12)42(5,6)7/h17-19,21-22,24,27,29,32,37-38,47H,15-16,20,23,25-26,28H2,1-14H3/t32?,37-,38-,44+/m0/s1. The minimum absolute atomic E-state index is 0.00935. The van der Waals surface area contributed by atoms with Crippen LogP contribution in [0, 0.1) is 5.92 Å². The van der Waals surface area contributed by atoms with Crippen molar-refractivity contribution in [3.8, 4) is 5.75 Å². The SMILES string of the molecule is CCCC(C(=O)C[C@H](O[Si](C)(C)C(C)(C)C)[C@]1(C(=O)OO)O[C@H]1CC)c1coc2c(CO[Si](C)(C)C(C)(C)C)c(OCc3ccccc3)c(CC(C)C)cc12. The molecule has 1 fully saturated rings. The Balaban J connectivity index is 1.86. The van der Waals surface area contributed by atoms with Crippen molar-refractivity contribution < 1.29 is 42.5 Å². The first-order valence-electron chi connectivity index (χ1n) is 20.1. The van der Waals surface area contributed by atoms with Crippen LogP contribution in [0.5, 0.6) is 5.75 Å². The number of furan rings is 1. The Hall–Kier alpha value is -2.81. The van der Waals surface area contributed by atoms with Gasteiger partial charge in [-0.05, 0) is 78.6 Å². The fraction of sp³-hybridized carbons (Fsp3) is 0.636. The van der Waals surface area contributed by atoms with Crippen molar-refractivity contribution >= 4 is 39.4 Å². The third-order valence-electron chi connectivity index (χ3n) is 12.2. The molecular formula is C44H68O9Si2. The van der Waals surface area contributed by atoms with Crippen molar-refractivity contribution in [3.63, 3.8) is 0 Å². The summed E-state index contributed by atoms with van der Waals surface area (Å²) in [4.78, 5) is 32.4. The summed E-state index contributed by atoms with van der Waals surface area (Å²) >= 11 is 0. The average Bonchev–Trinajstić information content (AvgIpc) is 3.71. The number of benzene rings is 2. The number of carbonyl (C=O) groups excluding carboxylic acids is 2. The maximum absolute atomic E-state index is 14.8. The third-order valence-corrected chi connectivity index (χ3v) is 21.2. The Morgan fingerprint density at radius 1 is 0.945 bits per heavy atom. The van der Waals surface area contributed by atoms with Crippen LogP contribution in [0.25, 0.3) is 11.0 Å². The van der Waals surface area contributed by atoms with E-state index >= 15 is 0 Å². The molecule has 1 saturated heterocycles. The molecule has 1 aliphatic heterocycles. The zero-order valence-electron chi connectivity index (χ0n) is 36.0. The highest BCUT2D eigenvalue weighted by molar-refractivity contribution is 6.74. The van der Waals surface area contributed by atoms with Crippen LogP contribution in [-0.2, 0) is 47.7 Å². The molecule has 1 aromatic heterocycles. The maximum Gasteiger partial charge on any atom is 0.378 e. The van der Waals surface area contributed by atoms with Crippen molar-refractivity contribution in [2.24, 2.45) is 5.92 Å². The van der Waals surface area contributed by atoms with Gasteiger partial charge in [0.2, 0.25) is 5.60 Å². The number of hydrogen-bond acceptors (Lipinski definition) is 9. The number of epoxide rings is 1. The van der Waals surface area contributed by atoms with Crippen molar-refractivity contribution in [2.75, 3.05) is 0 Å². The zero-order chi connectivity index (χ0) is 41.1. The van der Waals surface area contributed by atoms with Crippen LogP contribution in [0.2, 0.25) is 36.3 Å². The van der Waals surface area contributed by atoms with Gasteiger partial charge >= 0.3 is 5.97 Å². The van der Waals surface area contributed by atoms with Crippen LogP contribution >= 0.6 is 0 Å². The van der Waals surface area contributed by atoms with E-state index in [0.29, 0.717) is 37.6 Å². The molecular weight excluding hydrogens is 729 g/mol. The molecule has 11 heteroatoms. The molecule has 55 heavy (non-hydrogen) atoms. The minimum atomic E-state index is -2.54. The summed E-state index contributed by atoms with van der Waals surface area (Å²) in [6.07, 6.45) is 2.73. The first-order valence-corrected chi connectivity index (χ1v) is 26.0. The second kappa shape index (κ2) is 17.4. The molecule has 3 aromatic rings. The normalized spacial score (nSPS) is 19.1. The topological polar surface area (TPSA) is 117 Å². The van der Waals surface area contributed by atoms with Gasteiger partial charge in [0.25, 0.3) is 0 Å². The summed E-state index contributed by atoms with van der Waals surface area (Å²) in [5.74, 6) is -0.460. The quantitative estimate of drug-likeness (QED) is 0.0547. The number of Topliss-reactive ketones (excluding diaryl/α,β-unsaturated/α-hetero) is 1. The molecule has 0 amide bonds. The van der Waals surface area contributed by atoms with Gasteiger partial charge < -0.3 is 22.7 Å². The van der Waals surface area contributed by atoms with Gasteiger partial charge in [0.1, 0.15) is 29.8 Å². The van der Waals surface area contributed by atoms with E-state index in [2.05, 4.69) is 112 Å². The van der Waals surface area contributed by atoms with Crippen molar-refractivity contribution in [3.05, 3.63) is 64.9 Å². The highest BCUT2D eigenvalue weighted by atomic mass is 28.4. The second-order valence-electron chi connectivity index (χ2n) is 18.9. The molecule has 2 aromatic carbocycles. The lowest BCUT2D eigenvalue weighted by atomic mass is 9.84. The Morgan fingerprint density at radius 3 is 2.11 bits per heavy atom. The summed E-state index contributed by atoms with van der Waals surface area (Å²) in [6.45, 7) is 30.7. The fourth-order valence-electron chi connectivity index (χ4n) is 6.84. The summed E-state index contributed by atoms with van der Waals surface area (Å²) in [5.41, 5.74) is 2.84. The van der Waals surface area contributed by atoms with Gasteiger partial charge in [-0.25, -0.2) is 4.79 Å². The third kappa shape index (κ3) is 9.84. The van der Waals surface area contributed by atoms with Gasteiger partial charge in [0.15, 0.2) is 16.6 Å². The van der Waals surface area contributed by atoms with Crippen molar-refractivity contribution in [1.29, 1.82) is 0 Å². The molecule has 0 aliphatic carbocycles. The highest BCUT2D eigenvalue weighted by Gasteiger charge is 2.70. The Kier molecular flexibility index (Phi) is 14.2. The van der Waals surface area contributed by atoms with Crippen molar-refractivity contribution in [2.45, 2.75) is 175 Å². The molecule has 9 nitrogen and oxygen atoms in total. The Morgan fingerprint density at radius 2 is 1.58 bits per heavy atom. The number of rotatable bonds is 19. The molecule has 0 bridgehead atoms. The molecule has 2 heterocycles. The number of ether oxygens (including phenoxy) is 2. The molecule has 1 N–H and O–H groups in total. The van der Waals surface area contributed by atoms with E-state index in [1.54, 1.807) is 6.26 Å². The van der Waals surface area contributed by atoms with Crippen LogP contribution in [-0.4, -0.2) is 51.5 Å². The summed E-state index contributed by atoms with van der Waals surface area (Å²) in [6, 6.07) is 12.3. The van der Waals surface area contributed by atoms with Gasteiger partial charge in [-0.15, -0.1) is 0 Å². The van der Waals surface area contributed by atoms with E-state index in [0.717, 1.165) is 46.2 Å².